The van der Waals surface area contributed by atoms with E-state index in [-0.39, 0.29) is 23.8 Å². The molecule has 224 valence electrons. The third-order valence-electron chi connectivity index (χ3n) is 8.23. The Bertz CT molecular complexity index is 1600. The quantitative estimate of drug-likeness (QED) is 0.344. The second kappa shape index (κ2) is 12.1. The number of carbonyl (C=O) groups excluding carboxylic acids is 1. The van der Waals surface area contributed by atoms with E-state index in [4.69, 9.17) is 21.1 Å². The Morgan fingerprint density at radius 1 is 1.12 bits per heavy atom. The van der Waals surface area contributed by atoms with Crippen LogP contribution < -0.4 is 20.9 Å². The summed E-state index contributed by atoms with van der Waals surface area (Å²) in [6.07, 6.45) is 4.73. The van der Waals surface area contributed by atoms with E-state index in [9.17, 15) is 15.3 Å². The van der Waals surface area contributed by atoms with Crippen LogP contribution in [0.5, 0.6) is 0 Å². The number of benzene rings is 1. The van der Waals surface area contributed by atoms with Gasteiger partial charge in [0.25, 0.3) is 0 Å². The molecule has 1 aliphatic carbocycles. The fourth-order valence-corrected chi connectivity index (χ4v) is 6.08. The molecular weight excluding hydrogens is 574 g/mol. The average Bonchev–Trinajstić information content (AvgIpc) is 3.59. The number of anilines is 4. The molecule has 43 heavy (non-hydrogen) atoms. The second-order valence-electron chi connectivity index (χ2n) is 11.0. The van der Waals surface area contributed by atoms with Crippen LogP contribution in [0.3, 0.4) is 0 Å². The van der Waals surface area contributed by atoms with Gasteiger partial charge in [0.15, 0.2) is 17.2 Å². The predicted octanol–water partition coefficient (Wildman–Crippen LogP) is 2.86. The zero-order valence-electron chi connectivity index (χ0n) is 23.9. The third kappa shape index (κ3) is 5.95. The molecule has 3 aliphatic rings. The maximum atomic E-state index is 11.8. The van der Waals surface area contributed by atoms with Crippen molar-refractivity contribution in [1.82, 2.24) is 29.8 Å². The maximum absolute atomic E-state index is 11.8. The van der Waals surface area contributed by atoms with Gasteiger partial charge in [0.05, 0.1) is 53.5 Å². The summed E-state index contributed by atoms with van der Waals surface area (Å²) in [5.41, 5.74) is 2.44. The number of hydrogen-bond acceptors (Lipinski definition) is 12. The second-order valence-corrected chi connectivity index (χ2v) is 11.4. The lowest BCUT2D eigenvalue weighted by atomic mass is 10.0. The Morgan fingerprint density at radius 2 is 1.91 bits per heavy atom. The number of methoxy groups -OCH3 is 2. The number of nitrogens with one attached hydrogen (secondary N) is 3. The summed E-state index contributed by atoms with van der Waals surface area (Å²) in [7, 11) is 3.01. The molecule has 1 aromatic carbocycles. The molecule has 3 aromatic rings. The monoisotopic (exact) mass is 605 g/mol. The predicted molar refractivity (Wildman–Crippen MR) is 159 cm³/mol. The minimum absolute atomic E-state index is 0.111. The van der Waals surface area contributed by atoms with Gasteiger partial charge in [-0.25, -0.2) is 9.78 Å². The highest BCUT2D eigenvalue weighted by Gasteiger charge is 2.38. The van der Waals surface area contributed by atoms with E-state index >= 15 is 0 Å². The van der Waals surface area contributed by atoms with Crippen molar-refractivity contribution < 1.29 is 14.3 Å². The first kappa shape index (κ1) is 28.7. The summed E-state index contributed by atoms with van der Waals surface area (Å²) in [4.78, 5) is 25.3. The van der Waals surface area contributed by atoms with Crippen LogP contribution in [0.4, 0.5) is 27.9 Å². The van der Waals surface area contributed by atoms with Crippen molar-refractivity contribution in [1.29, 1.82) is 10.5 Å². The number of ether oxygens (including phenoxy) is 2. The SMILES string of the molecule is COC(=O)N[C@H]1CN(C2CCN(c3cc(C#N)cc(Nc4nc(NC5CC5)c5ncc(C#N)n5n4)c3Cl)CC2)C[C@@H]1OC. The smallest absolute Gasteiger partial charge is 0.407 e. The Hall–Kier alpha value is -4.37. The Labute approximate surface area is 253 Å². The fraction of sp³-hybridized carbons (Fsp3) is 0.500. The number of aromatic nitrogens is 4. The lowest BCUT2D eigenvalue weighted by molar-refractivity contribution is 0.0815. The number of carbonyl (C=O) groups is 1. The average molecular weight is 606 g/mol. The molecule has 0 bridgehead atoms. The first-order valence-corrected chi connectivity index (χ1v) is 14.6. The topological polar surface area (TPSA) is 169 Å². The van der Waals surface area contributed by atoms with Gasteiger partial charge in [0.1, 0.15) is 6.07 Å². The normalized spacial score (nSPS) is 20.9. The molecule has 3 N–H and O–H groups in total. The number of imidazole rings is 1. The minimum atomic E-state index is -0.462. The Balaban J connectivity index is 1.20. The number of fused-ring (bicyclic) bond motifs is 1. The molecule has 0 radical (unpaired) electrons. The summed E-state index contributed by atoms with van der Waals surface area (Å²) < 4.78 is 11.9. The first-order chi connectivity index (χ1) is 20.9. The van der Waals surface area contributed by atoms with Gasteiger partial charge in [0, 0.05) is 45.4 Å². The molecule has 14 nitrogen and oxygen atoms in total. The van der Waals surface area contributed by atoms with Gasteiger partial charge >= 0.3 is 6.09 Å². The molecule has 2 aliphatic heterocycles. The zero-order chi connectivity index (χ0) is 30.1. The molecule has 0 spiro atoms. The summed E-state index contributed by atoms with van der Waals surface area (Å²) in [6, 6.07) is 8.30. The van der Waals surface area contributed by atoms with Crippen LogP contribution in [0.2, 0.25) is 5.02 Å². The number of piperidine rings is 1. The number of hydrogen-bond donors (Lipinski definition) is 3. The van der Waals surface area contributed by atoms with Crippen molar-refractivity contribution in [3.8, 4) is 12.1 Å². The van der Waals surface area contributed by atoms with Crippen LogP contribution >= 0.6 is 11.6 Å². The Kier molecular flexibility index (Phi) is 8.08. The summed E-state index contributed by atoms with van der Waals surface area (Å²) in [5.74, 6) is 0.752. The molecule has 1 amide bonds. The number of nitrogens with zero attached hydrogens (tertiary/aromatic N) is 8. The maximum Gasteiger partial charge on any atom is 0.407 e. The first-order valence-electron chi connectivity index (χ1n) is 14.2. The van der Waals surface area contributed by atoms with E-state index in [2.05, 4.69) is 53.0 Å². The van der Waals surface area contributed by atoms with Crippen molar-refractivity contribution in [2.24, 2.45) is 0 Å². The highest BCUT2D eigenvalue weighted by Crippen LogP contribution is 2.38. The summed E-state index contributed by atoms with van der Waals surface area (Å²) in [5, 5.41) is 33.7. The zero-order valence-corrected chi connectivity index (χ0v) is 24.6. The van der Waals surface area contributed by atoms with Gasteiger partial charge in [-0.2, -0.15) is 20.0 Å². The number of halogens is 1. The standard InChI is InChI=1S/C28H32ClN11O3/c1-42-23-15-39(14-21(23)35-28(41)43-2)18-5-7-38(8-6-18)22-10-16(11-30)9-20(24(22)29)34-27-36-25(33-17-3-4-17)26-32-13-19(12-31)40(26)37-27/h9-10,13,17-18,21,23H,3-8,14-15H2,1-2H3,(H,35,41)(H2,33,34,36,37)/t21-,23-/m0/s1. The van der Waals surface area contributed by atoms with Crippen LogP contribution in [0.15, 0.2) is 18.3 Å². The fourth-order valence-electron chi connectivity index (χ4n) is 5.80. The van der Waals surface area contributed by atoms with Crippen molar-refractivity contribution in [3.63, 3.8) is 0 Å². The van der Waals surface area contributed by atoms with Gasteiger partial charge in [0.2, 0.25) is 5.95 Å². The van der Waals surface area contributed by atoms with Crippen LogP contribution in [-0.2, 0) is 9.47 Å². The molecule has 15 heteroatoms. The molecule has 6 rings (SSSR count). The number of likely N-dealkylation sites (tertiary alicyclic amines) is 1. The molecule has 2 saturated heterocycles. The van der Waals surface area contributed by atoms with Gasteiger partial charge in [-0.1, -0.05) is 11.6 Å². The van der Waals surface area contributed by atoms with E-state index in [0.29, 0.717) is 46.4 Å². The highest BCUT2D eigenvalue weighted by atomic mass is 35.5. The number of alkyl carbamates (subject to hydrolysis) is 1. The van der Waals surface area contributed by atoms with Gasteiger partial charge in [-0.05, 0) is 37.8 Å². The molecule has 2 atom stereocenters. The third-order valence-corrected chi connectivity index (χ3v) is 8.63. The lowest BCUT2D eigenvalue weighted by Gasteiger charge is -2.38. The van der Waals surface area contributed by atoms with E-state index in [1.807, 2.05) is 0 Å². The van der Waals surface area contributed by atoms with Crippen LogP contribution in [0.25, 0.3) is 5.65 Å². The van der Waals surface area contributed by atoms with E-state index in [1.54, 1.807) is 19.2 Å². The van der Waals surface area contributed by atoms with Gasteiger partial charge in [-0.15, -0.1) is 5.10 Å². The van der Waals surface area contributed by atoms with Crippen molar-refractivity contribution in [3.05, 3.63) is 34.6 Å². The summed E-state index contributed by atoms with van der Waals surface area (Å²) in [6.45, 7) is 2.88. The molecule has 2 aromatic heterocycles. The van der Waals surface area contributed by atoms with Crippen molar-refractivity contribution in [2.75, 3.05) is 55.9 Å². The molecular formula is C28H32ClN11O3. The molecule has 1 saturated carbocycles. The molecule has 0 unspecified atom stereocenters. The van der Waals surface area contributed by atoms with Crippen molar-refractivity contribution >= 4 is 46.5 Å². The molecule has 4 heterocycles. The largest absolute Gasteiger partial charge is 0.453 e. The van der Waals surface area contributed by atoms with Gasteiger partial charge < -0.3 is 30.3 Å². The highest BCUT2D eigenvalue weighted by molar-refractivity contribution is 6.36. The lowest BCUT2D eigenvalue weighted by Crippen LogP contribution is -2.46. The van der Waals surface area contributed by atoms with E-state index < -0.39 is 6.09 Å². The number of rotatable bonds is 8. The minimum Gasteiger partial charge on any atom is -0.453 e. The van der Waals surface area contributed by atoms with Crippen LogP contribution in [0.1, 0.15) is 36.9 Å². The Morgan fingerprint density at radius 3 is 2.58 bits per heavy atom. The van der Waals surface area contributed by atoms with E-state index in [0.717, 1.165) is 51.0 Å². The number of nitriles is 2. The summed E-state index contributed by atoms with van der Waals surface area (Å²) >= 11 is 6.96. The van der Waals surface area contributed by atoms with Crippen molar-refractivity contribution in [2.45, 2.75) is 49.9 Å². The van der Waals surface area contributed by atoms with E-state index in [1.165, 1.54) is 17.8 Å². The number of amides is 1. The van der Waals surface area contributed by atoms with Gasteiger partial charge in [-0.3, -0.25) is 4.90 Å². The molecule has 3 fully saturated rings. The van der Waals surface area contributed by atoms with Crippen LogP contribution in [0, 0.1) is 22.7 Å². The van der Waals surface area contributed by atoms with Crippen LogP contribution in [-0.4, -0.2) is 95.2 Å².